The van der Waals surface area contributed by atoms with Crippen molar-refractivity contribution in [3.8, 4) is 6.07 Å². The molecule has 20 heavy (non-hydrogen) atoms. The Morgan fingerprint density at radius 1 is 1.40 bits per heavy atom. The SMILES string of the molecule is CNc1cncc(C(=O)Nc2ccc(F)c(C#N)c2)n1. The van der Waals surface area contributed by atoms with Crippen LogP contribution in [-0.4, -0.2) is 22.9 Å². The summed E-state index contributed by atoms with van der Waals surface area (Å²) < 4.78 is 13.2. The second-order valence-corrected chi connectivity index (χ2v) is 3.80. The summed E-state index contributed by atoms with van der Waals surface area (Å²) in [5.74, 6) is -0.679. The Hall–Kier alpha value is -3.01. The van der Waals surface area contributed by atoms with Crippen LogP contribution in [0, 0.1) is 17.1 Å². The number of hydrogen-bond donors (Lipinski definition) is 2. The molecule has 0 aliphatic rings. The van der Waals surface area contributed by atoms with Crippen LogP contribution in [0.2, 0.25) is 0 Å². The summed E-state index contributed by atoms with van der Waals surface area (Å²) in [5.41, 5.74) is 0.280. The molecule has 7 heteroatoms. The second kappa shape index (κ2) is 5.75. The largest absolute Gasteiger partial charge is 0.372 e. The molecule has 2 rings (SSSR count). The molecule has 0 bridgehead atoms. The summed E-state index contributed by atoms with van der Waals surface area (Å²) in [6, 6.07) is 5.43. The second-order valence-electron chi connectivity index (χ2n) is 3.80. The Kier molecular flexibility index (Phi) is 3.86. The van der Waals surface area contributed by atoms with Gasteiger partial charge in [0.2, 0.25) is 0 Å². The third-order valence-electron chi connectivity index (χ3n) is 2.47. The van der Waals surface area contributed by atoms with Gasteiger partial charge in [-0.25, -0.2) is 9.37 Å². The number of rotatable bonds is 3. The van der Waals surface area contributed by atoms with Crippen LogP contribution < -0.4 is 10.6 Å². The molecular weight excluding hydrogens is 261 g/mol. The van der Waals surface area contributed by atoms with E-state index in [0.717, 1.165) is 6.07 Å². The molecule has 0 radical (unpaired) electrons. The maximum atomic E-state index is 13.2. The molecule has 2 N–H and O–H groups in total. The summed E-state index contributed by atoms with van der Waals surface area (Å²) in [6.07, 6.45) is 2.79. The van der Waals surface area contributed by atoms with E-state index in [1.54, 1.807) is 13.1 Å². The van der Waals surface area contributed by atoms with E-state index in [-0.39, 0.29) is 11.3 Å². The minimum absolute atomic E-state index is 0.111. The van der Waals surface area contributed by atoms with E-state index in [4.69, 9.17) is 5.26 Å². The van der Waals surface area contributed by atoms with Gasteiger partial charge in [-0.05, 0) is 18.2 Å². The van der Waals surface area contributed by atoms with Gasteiger partial charge in [-0.1, -0.05) is 0 Å². The molecule has 1 heterocycles. The number of nitrogens with zero attached hydrogens (tertiary/aromatic N) is 3. The highest BCUT2D eigenvalue weighted by Gasteiger charge is 2.10. The first-order valence-electron chi connectivity index (χ1n) is 5.65. The quantitative estimate of drug-likeness (QED) is 0.888. The van der Waals surface area contributed by atoms with Crippen LogP contribution in [0.25, 0.3) is 0 Å². The van der Waals surface area contributed by atoms with E-state index >= 15 is 0 Å². The summed E-state index contributed by atoms with van der Waals surface area (Å²) >= 11 is 0. The van der Waals surface area contributed by atoms with Crippen molar-refractivity contribution >= 4 is 17.4 Å². The topological polar surface area (TPSA) is 90.7 Å². The van der Waals surface area contributed by atoms with Gasteiger partial charge >= 0.3 is 0 Å². The van der Waals surface area contributed by atoms with Gasteiger partial charge in [0.1, 0.15) is 23.4 Å². The van der Waals surface area contributed by atoms with Crippen LogP contribution in [-0.2, 0) is 0 Å². The fourth-order valence-corrected chi connectivity index (χ4v) is 1.48. The third-order valence-corrected chi connectivity index (χ3v) is 2.47. The molecule has 0 saturated heterocycles. The molecule has 0 fully saturated rings. The van der Waals surface area contributed by atoms with Crippen molar-refractivity contribution < 1.29 is 9.18 Å². The van der Waals surface area contributed by atoms with Gasteiger partial charge in [0.25, 0.3) is 5.91 Å². The average Bonchev–Trinajstić information content (AvgIpc) is 2.49. The van der Waals surface area contributed by atoms with Crippen LogP contribution in [0.3, 0.4) is 0 Å². The highest BCUT2D eigenvalue weighted by molar-refractivity contribution is 6.02. The summed E-state index contributed by atoms with van der Waals surface area (Å²) in [4.78, 5) is 19.8. The molecule has 0 saturated carbocycles. The van der Waals surface area contributed by atoms with E-state index in [9.17, 15) is 9.18 Å². The van der Waals surface area contributed by atoms with Gasteiger partial charge in [-0.15, -0.1) is 0 Å². The van der Waals surface area contributed by atoms with Gasteiger partial charge in [0, 0.05) is 12.7 Å². The number of anilines is 2. The van der Waals surface area contributed by atoms with E-state index in [1.165, 1.54) is 24.5 Å². The van der Waals surface area contributed by atoms with Gasteiger partial charge < -0.3 is 10.6 Å². The van der Waals surface area contributed by atoms with E-state index in [1.807, 2.05) is 0 Å². The maximum Gasteiger partial charge on any atom is 0.275 e. The summed E-state index contributed by atoms with van der Waals surface area (Å²) in [7, 11) is 1.66. The molecule has 2 aromatic rings. The van der Waals surface area contributed by atoms with Gasteiger partial charge in [0.15, 0.2) is 0 Å². The Morgan fingerprint density at radius 3 is 2.90 bits per heavy atom. The summed E-state index contributed by atoms with van der Waals surface area (Å²) in [5, 5.41) is 14.0. The van der Waals surface area contributed by atoms with Crippen molar-refractivity contribution in [3.63, 3.8) is 0 Å². The number of benzene rings is 1. The molecule has 0 spiro atoms. The predicted octanol–water partition coefficient (Wildman–Crippen LogP) is 1.78. The van der Waals surface area contributed by atoms with Gasteiger partial charge in [0.05, 0.1) is 18.0 Å². The lowest BCUT2D eigenvalue weighted by molar-refractivity contribution is 0.102. The zero-order valence-electron chi connectivity index (χ0n) is 10.5. The Morgan fingerprint density at radius 2 is 2.20 bits per heavy atom. The Labute approximate surface area is 114 Å². The van der Waals surface area contributed by atoms with Crippen molar-refractivity contribution in [2.75, 3.05) is 17.7 Å². The van der Waals surface area contributed by atoms with E-state index in [2.05, 4.69) is 20.6 Å². The molecule has 6 nitrogen and oxygen atoms in total. The van der Waals surface area contributed by atoms with Crippen molar-refractivity contribution in [3.05, 3.63) is 47.7 Å². The van der Waals surface area contributed by atoms with Crippen molar-refractivity contribution in [2.45, 2.75) is 0 Å². The van der Waals surface area contributed by atoms with Crippen LogP contribution >= 0.6 is 0 Å². The average molecular weight is 271 g/mol. The predicted molar refractivity (Wildman–Crippen MR) is 70.6 cm³/mol. The molecule has 1 aromatic carbocycles. The smallest absolute Gasteiger partial charge is 0.275 e. The van der Waals surface area contributed by atoms with Gasteiger partial charge in [-0.3, -0.25) is 9.78 Å². The number of carbonyl (C=O) groups excluding carboxylic acids is 1. The lowest BCUT2D eigenvalue weighted by atomic mass is 10.2. The third kappa shape index (κ3) is 2.87. The number of halogens is 1. The zero-order chi connectivity index (χ0) is 14.5. The van der Waals surface area contributed by atoms with Crippen LogP contribution in [0.1, 0.15) is 16.1 Å². The monoisotopic (exact) mass is 271 g/mol. The number of hydrogen-bond acceptors (Lipinski definition) is 5. The number of aromatic nitrogens is 2. The molecule has 0 aliphatic carbocycles. The maximum absolute atomic E-state index is 13.2. The number of amides is 1. The highest BCUT2D eigenvalue weighted by atomic mass is 19.1. The fourth-order valence-electron chi connectivity index (χ4n) is 1.48. The van der Waals surface area contributed by atoms with Crippen molar-refractivity contribution in [2.24, 2.45) is 0 Å². The van der Waals surface area contributed by atoms with Crippen LogP contribution in [0.5, 0.6) is 0 Å². The lowest BCUT2D eigenvalue weighted by Gasteiger charge is -2.06. The normalized spacial score (nSPS) is 9.65. The molecule has 1 aromatic heterocycles. The first kappa shape index (κ1) is 13.4. The fraction of sp³-hybridized carbons (Fsp3) is 0.0769. The van der Waals surface area contributed by atoms with Crippen molar-refractivity contribution in [1.82, 2.24) is 9.97 Å². The standard InChI is InChI=1S/C13H10FN5O/c1-16-12-7-17-6-11(19-12)13(20)18-9-2-3-10(14)8(4-9)5-15/h2-4,6-7H,1H3,(H,16,19)(H,18,20). The first-order chi connectivity index (χ1) is 9.63. The molecule has 100 valence electrons. The number of nitriles is 1. The van der Waals surface area contributed by atoms with Crippen LogP contribution in [0.4, 0.5) is 15.9 Å². The molecule has 1 amide bonds. The summed E-state index contributed by atoms with van der Waals surface area (Å²) in [6.45, 7) is 0. The Balaban J connectivity index is 2.21. The lowest BCUT2D eigenvalue weighted by Crippen LogP contribution is -2.15. The van der Waals surface area contributed by atoms with E-state index in [0.29, 0.717) is 11.5 Å². The van der Waals surface area contributed by atoms with Gasteiger partial charge in [-0.2, -0.15) is 5.26 Å². The zero-order valence-corrected chi connectivity index (χ0v) is 10.5. The molecule has 0 atom stereocenters. The minimum Gasteiger partial charge on any atom is -0.372 e. The molecule has 0 unspecified atom stereocenters. The Bertz CT molecular complexity index is 695. The van der Waals surface area contributed by atoms with Crippen LogP contribution in [0.15, 0.2) is 30.6 Å². The van der Waals surface area contributed by atoms with E-state index < -0.39 is 11.7 Å². The molecule has 0 aliphatic heterocycles. The molecular formula is C13H10FN5O. The first-order valence-corrected chi connectivity index (χ1v) is 5.65. The van der Waals surface area contributed by atoms with Crippen molar-refractivity contribution in [1.29, 1.82) is 5.26 Å². The number of nitrogens with one attached hydrogen (secondary N) is 2. The minimum atomic E-state index is -0.637. The highest BCUT2D eigenvalue weighted by Crippen LogP contribution is 2.14. The number of carbonyl (C=O) groups is 1.